The van der Waals surface area contributed by atoms with Gasteiger partial charge in [0.05, 0.1) is 25.7 Å². The van der Waals surface area contributed by atoms with Crippen molar-refractivity contribution in [2.45, 2.75) is 74.8 Å². The van der Waals surface area contributed by atoms with Crippen molar-refractivity contribution in [1.82, 2.24) is 29.6 Å². The van der Waals surface area contributed by atoms with E-state index in [4.69, 9.17) is 19.4 Å². The summed E-state index contributed by atoms with van der Waals surface area (Å²) < 4.78 is 38.9. The zero-order valence-corrected chi connectivity index (χ0v) is 27.4. The number of rotatable bonds is 13. The maximum absolute atomic E-state index is 11.7. The average Bonchev–Trinajstić information content (AvgIpc) is 3.61. The topological polar surface area (TPSA) is 173 Å². The van der Waals surface area contributed by atoms with Crippen LogP contribution in [0.5, 0.6) is 0 Å². The van der Waals surface area contributed by atoms with Crippen molar-refractivity contribution in [3.63, 3.8) is 0 Å². The third-order valence-electron chi connectivity index (χ3n) is 8.94. The summed E-state index contributed by atoms with van der Waals surface area (Å²) in [5.41, 5.74) is 3.29. The predicted octanol–water partition coefficient (Wildman–Crippen LogP) is 2.29. The molecule has 252 valence electrons. The van der Waals surface area contributed by atoms with Gasteiger partial charge in [-0.15, -0.1) is 0 Å². The van der Waals surface area contributed by atoms with Gasteiger partial charge in [-0.25, -0.2) is 28.1 Å². The number of ether oxygens (including phenoxy) is 2. The second-order valence-electron chi connectivity index (χ2n) is 12.4. The van der Waals surface area contributed by atoms with E-state index in [0.29, 0.717) is 35.9 Å². The Bertz CT molecular complexity index is 1680. The quantitative estimate of drug-likeness (QED) is 0.142. The zero-order chi connectivity index (χ0) is 33.0. The van der Waals surface area contributed by atoms with Gasteiger partial charge in [0, 0.05) is 31.7 Å². The van der Waals surface area contributed by atoms with Crippen LogP contribution in [0.15, 0.2) is 67.0 Å². The Hall–Kier alpha value is -3.50. The van der Waals surface area contributed by atoms with Crippen LogP contribution in [0.3, 0.4) is 0 Å². The van der Waals surface area contributed by atoms with Gasteiger partial charge in [-0.05, 0) is 36.8 Å². The Labute approximate surface area is 274 Å². The summed E-state index contributed by atoms with van der Waals surface area (Å²) in [5, 5.41) is 28.7. The van der Waals surface area contributed by atoms with Crippen LogP contribution in [0.25, 0.3) is 11.2 Å². The van der Waals surface area contributed by atoms with Crippen LogP contribution in [-0.4, -0.2) is 95.1 Å². The highest BCUT2D eigenvalue weighted by molar-refractivity contribution is 7.88. The van der Waals surface area contributed by atoms with Crippen molar-refractivity contribution in [2.75, 3.05) is 31.8 Å². The maximum atomic E-state index is 11.7. The number of anilines is 1. The summed E-state index contributed by atoms with van der Waals surface area (Å²) >= 11 is 0. The Kier molecular flexibility index (Phi) is 10.5. The molecule has 0 bridgehead atoms. The van der Waals surface area contributed by atoms with Crippen LogP contribution in [0.2, 0.25) is 0 Å². The normalized spacial score (nSPS) is 25.0. The standard InChI is InChI=1S/C33H43N7O6S/c1-45-19-26-29(41)30(42)33(46-26)40-20-36-28-31(35-17-25(21-9-5-3-6-10-21)22-11-7-4-8-12-22)37-27(38-32(28)40)18-34-23-13-15-24(16-14-23)39-47(2,43)44/h3-12,20,23-26,29-30,33-34,39,41-42H,13-19H2,1-2H3,(H,35,37,38). The first-order valence-electron chi connectivity index (χ1n) is 16.0. The molecule has 6 rings (SSSR count). The lowest BCUT2D eigenvalue weighted by atomic mass is 9.91. The molecule has 0 spiro atoms. The van der Waals surface area contributed by atoms with E-state index in [9.17, 15) is 18.6 Å². The Balaban J connectivity index is 1.27. The number of hydrogen-bond acceptors (Lipinski definition) is 11. The van der Waals surface area contributed by atoms with Crippen LogP contribution < -0.4 is 15.4 Å². The molecule has 0 amide bonds. The molecule has 1 saturated carbocycles. The molecule has 1 aliphatic carbocycles. The summed E-state index contributed by atoms with van der Waals surface area (Å²) in [5.74, 6) is 1.10. The summed E-state index contributed by atoms with van der Waals surface area (Å²) in [6.07, 6.45) is 1.89. The highest BCUT2D eigenvalue weighted by Crippen LogP contribution is 2.33. The third-order valence-corrected chi connectivity index (χ3v) is 9.71. The maximum Gasteiger partial charge on any atom is 0.208 e. The fourth-order valence-corrected chi connectivity index (χ4v) is 7.40. The van der Waals surface area contributed by atoms with Crippen LogP contribution in [0.1, 0.15) is 54.8 Å². The number of hydrogen-bond donors (Lipinski definition) is 5. The van der Waals surface area contributed by atoms with Crippen LogP contribution in [0, 0.1) is 0 Å². The number of methoxy groups -OCH3 is 1. The number of aromatic nitrogens is 4. The van der Waals surface area contributed by atoms with Crippen molar-refractivity contribution >= 4 is 27.0 Å². The van der Waals surface area contributed by atoms with Crippen LogP contribution in [0.4, 0.5) is 5.82 Å². The monoisotopic (exact) mass is 665 g/mol. The van der Waals surface area contributed by atoms with Crippen LogP contribution in [-0.2, 0) is 26.0 Å². The molecule has 2 aliphatic rings. The van der Waals surface area contributed by atoms with Crippen molar-refractivity contribution < 1.29 is 28.1 Å². The Morgan fingerprint density at radius 3 is 2.21 bits per heavy atom. The highest BCUT2D eigenvalue weighted by Gasteiger charge is 2.44. The van der Waals surface area contributed by atoms with Gasteiger partial charge in [0.1, 0.15) is 24.1 Å². The molecule has 5 N–H and O–H groups in total. The number of benzene rings is 2. The van der Waals surface area contributed by atoms with E-state index >= 15 is 0 Å². The second-order valence-corrected chi connectivity index (χ2v) is 14.2. The molecule has 2 aromatic carbocycles. The third kappa shape index (κ3) is 7.97. The molecule has 13 nitrogen and oxygen atoms in total. The lowest BCUT2D eigenvalue weighted by molar-refractivity contribution is -0.0580. The van der Waals surface area contributed by atoms with E-state index < -0.39 is 34.6 Å². The molecule has 2 aromatic heterocycles. The largest absolute Gasteiger partial charge is 0.387 e. The van der Waals surface area contributed by atoms with Crippen molar-refractivity contribution in [3.05, 3.63) is 83.9 Å². The first-order valence-corrected chi connectivity index (χ1v) is 17.9. The van der Waals surface area contributed by atoms with Crippen molar-refractivity contribution in [1.29, 1.82) is 0 Å². The molecular weight excluding hydrogens is 622 g/mol. The van der Waals surface area contributed by atoms with Gasteiger partial charge in [0.15, 0.2) is 23.2 Å². The second kappa shape index (κ2) is 14.7. The SMILES string of the molecule is COCC1OC(n2cnc3c(NCC(c4ccccc4)c4ccccc4)nc(CNC4CCC(NS(C)(=O)=O)CC4)nc32)C(O)C1O. The Morgan fingerprint density at radius 1 is 0.957 bits per heavy atom. The minimum atomic E-state index is -3.25. The number of sulfonamides is 1. The van der Waals surface area contributed by atoms with Crippen molar-refractivity contribution in [2.24, 2.45) is 0 Å². The average molecular weight is 666 g/mol. The van der Waals surface area contributed by atoms with Crippen LogP contribution >= 0.6 is 0 Å². The van der Waals surface area contributed by atoms with Gasteiger partial charge >= 0.3 is 0 Å². The smallest absolute Gasteiger partial charge is 0.208 e. The van der Waals surface area contributed by atoms with Gasteiger partial charge in [-0.1, -0.05) is 60.7 Å². The van der Waals surface area contributed by atoms with Gasteiger partial charge in [0.2, 0.25) is 10.0 Å². The molecule has 47 heavy (non-hydrogen) atoms. The fraction of sp³-hybridized carbons (Fsp3) is 0.485. The number of fused-ring (bicyclic) bond motifs is 1. The zero-order valence-electron chi connectivity index (χ0n) is 26.6. The van der Waals surface area contributed by atoms with Gasteiger partial charge in [-0.3, -0.25) is 4.57 Å². The van der Waals surface area contributed by atoms with Gasteiger partial charge in [-0.2, -0.15) is 0 Å². The summed E-state index contributed by atoms with van der Waals surface area (Å²) in [4.78, 5) is 14.4. The lowest BCUT2D eigenvalue weighted by Gasteiger charge is -2.29. The minimum Gasteiger partial charge on any atom is -0.387 e. The molecule has 1 aliphatic heterocycles. The number of nitrogens with one attached hydrogen (secondary N) is 3. The molecule has 0 radical (unpaired) electrons. The number of aliphatic hydroxyl groups excluding tert-OH is 2. The molecule has 4 atom stereocenters. The highest BCUT2D eigenvalue weighted by atomic mass is 32.2. The first kappa shape index (κ1) is 33.4. The number of nitrogens with zero attached hydrogens (tertiary/aromatic N) is 4. The lowest BCUT2D eigenvalue weighted by Crippen LogP contribution is -2.41. The van der Waals surface area contributed by atoms with E-state index in [1.54, 1.807) is 10.9 Å². The summed E-state index contributed by atoms with van der Waals surface area (Å²) in [6, 6.07) is 20.7. The fourth-order valence-electron chi connectivity index (χ4n) is 6.56. The Morgan fingerprint density at radius 2 is 1.60 bits per heavy atom. The summed E-state index contributed by atoms with van der Waals surface area (Å²) in [6.45, 7) is 1.03. The first-order chi connectivity index (χ1) is 22.7. The van der Waals surface area contributed by atoms with E-state index in [1.807, 2.05) is 36.4 Å². The van der Waals surface area contributed by atoms with E-state index in [0.717, 1.165) is 36.8 Å². The number of imidazole rings is 1. The molecule has 3 heterocycles. The molecule has 4 aromatic rings. The predicted molar refractivity (Wildman–Crippen MR) is 177 cm³/mol. The molecular formula is C33H43N7O6S. The van der Waals surface area contributed by atoms with Gasteiger partial charge in [0.25, 0.3) is 0 Å². The van der Waals surface area contributed by atoms with E-state index in [-0.39, 0.29) is 24.6 Å². The van der Waals surface area contributed by atoms with E-state index in [1.165, 1.54) is 13.4 Å². The summed E-state index contributed by atoms with van der Waals surface area (Å²) in [7, 11) is -1.73. The molecule has 14 heteroatoms. The molecule has 2 fully saturated rings. The molecule has 4 unspecified atom stereocenters. The van der Waals surface area contributed by atoms with Gasteiger partial charge < -0.3 is 30.3 Å². The molecule has 1 saturated heterocycles. The number of aliphatic hydroxyl groups is 2. The minimum absolute atomic E-state index is 0.0340. The van der Waals surface area contributed by atoms with E-state index in [2.05, 4.69) is 44.6 Å². The van der Waals surface area contributed by atoms with Crippen molar-refractivity contribution in [3.8, 4) is 0 Å².